The number of likely N-dealkylation sites (tertiary alicyclic amines) is 1. The van der Waals surface area contributed by atoms with E-state index in [2.05, 4.69) is 11.4 Å². The molecule has 1 N–H and O–H groups in total. The van der Waals surface area contributed by atoms with Gasteiger partial charge in [0.15, 0.2) is 0 Å². The van der Waals surface area contributed by atoms with E-state index in [1.54, 1.807) is 19.1 Å². The maximum absolute atomic E-state index is 12.9. The van der Waals surface area contributed by atoms with Crippen LogP contribution in [0.15, 0.2) is 42.5 Å². The molecule has 2 amide bonds. The van der Waals surface area contributed by atoms with Crippen LogP contribution in [0.1, 0.15) is 52.7 Å². The smallest absolute Gasteiger partial charge is 0.411 e. The van der Waals surface area contributed by atoms with Gasteiger partial charge >= 0.3 is 6.09 Å². The van der Waals surface area contributed by atoms with Crippen molar-refractivity contribution in [2.75, 3.05) is 25.0 Å². The molecule has 1 heterocycles. The van der Waals surface area contributed by atoms with Crippen LogP contribution in [0.25, 0.3) is 0 Å². The molecule has 3 rings (SSSR count). The average molecular weight is 391 g/mol. The Labute approximate surface area is 171 Å². The van der Waals surface area contributed by atoms with Crippen LogP contribution in [-0.4, -0.2) is 36.6 Å². The lowest BCUT2D eigenvalue weighted by atomic mass is 9.89. The molecule has 2 aromatic rings. The molecule has 150 valence electrons. The van der Waals surface area contributed by atoms with Crippen molar-refractivity contribution in [3.05, 3.63) is 64.7 Å². The van der Waals surface area contributed by atoms with Crippen molar-refractivity contribution in [3.63, 3.8) is 0 Å². The van der Waals surface area contributed by atoms with Gasteiger partial charge in [0, 0.05) is 24.3 Å². The maximum Gasteiger partial charge on any atom is 0.411 e. The van der Waals surface area contributed by atoms with Crippen molar-refractivity contribution in [1.29, 1.82) is 5.26 Å². The predicted octanol–water partition coefficient (Wildman–Crippen LogP) is 4.45. The van der Waals surface area contributed by atoms with Crippen LogP contribution in [0.5, 0.6) is 0 Å². The molecule has 2 aromatic carbocycles. The number of nitrogens with zero attached hydrogens (tertiary/aromatic N) is 2. The van der Waals surface area contributed by atoms with Crippen molar-refractivity contribution in [2.24, 2.45) is 0 Å². The van der Waals surface area contributed by atoms with Gasteiger partial charge in [0.05, 0.1) is 18.2 Å². The van der Waals surface area contributed by atoms with Crippen LogP contribution in [-0.2, 0) is 4.74 Å². The number of carbonyl (C=O) groups is 2. The van der Waals surface area contributed by atoms with E-state index in [1.165, 1.54) is 5.56 Å². The summed E-state index contributed by atoms with van der Waals surface area (Å²) >= 11 is 0. The van der Waals surface area contributed by atoms with E-state index < -0.39 is 6.09 Å². The van der Waals surface area contributed by atoms with Crippen molar-refractivity contribution in [3.8, 4) is 6.07 Å². The summed E-state index contributed by atoms with van der Waals surface area (Å²) in [5.41, 5.74) is 3.88. The number of benzene rings is 2. The Hall–Kier alpha value is -3.33. The Morgan fingerprint density at radius 2 is 1.86 bits per heavy atom. The molecule has 29 heavy (non-hydrogen) atoms. The molecule has 0 radical (unpaired) electrons. The summed E-state index contributed by atoms with van der Waals surface area (Å²) in [4.78, 5) is 26.5. The zero-order valence-corrected chi connectivity index (χ0v) is 16.8. The lowest BCUT2D eigenvalue weighted by molar-refractivity contribution is 0.0713. The zero-order chi connectivity index (χ0) is 20.8. The highest BCUT2D eigenvalue weighted by atomic mass is 16.5. The highest BCUT2D eigenvalue weighted by Gasteiger charge is 2.25. The molecule has 0 atom stereocenters. The van der Waals surface area contributed by atoms with E-state index in [-0.39, 0.29) is 12.5 Å². The Kier molecular flexibility index (Phi) is 6.50. The van der Waals surface area contributed by atoms with Gasteiger partial charge in [0.1, 0.15) is 0 Å². The first-order valence-electron chi connectivity index (χ1n) is 9.85. The lowest BCUT2D eigenvalue weighted by Gasteiger charge is -2.32. The van der Waals surface area contributed by atoms with Crippen LogP contribution in [0.2, 0.25) is 0 Å². The Morgan fingerprint density at radius 1 is 1.17 bits per heavy atom. The number of nitrogens with one attached hydrogen (secondary N) is 1. The summed E-state index contributed by atoms with van der Waals surface area (Å²) in [6.45, 7) is 5.26. The van der Waals surface area contributed by atoms with E-state index in [0.29, 0.717) is 35.8 Å². The van der Waals surface area contributed by atoms with Gasteiger partial charge in [-0.3, -0.25) is 10.1 Å². The quantitative estimate of drug-likeness (QED) is 0.834. The Bertz CT molecular complexity index is 923. The number of hydrogen-bond acceptors (Lipinski definition) is 4. The number of hydrogen-bond donors (Lipinski definition) is 1. The van der Waals surface area contributed by atoms with E-state index in [4.69, 9.17) is 10.00 Å². The van der Waals surface area contributed by atoms with Gasteiger partial charge < -0.3 is 9.64 Å². The van der Waals surface area contributed by atoms with Gasteiger partial charge in [-0.1, -0.05) is 18.2 Å². The van der Waals surface area contributed by atoms with Crippen LogP contribution in [0.3, 0.4) is 0 Å². The third-order valence-corrected chi connectivity index (χ3v) is 5.29. The monoisotopic (exact) mass is 391 g/mol. The summed E-state index contributed by atoms with van der Waals surface area (Å²) in [6, 6.07) is 15.2. The van der Waals surface area contributed by atoms with Crippen LogP contribution in [0, 0.1) is 18.3 Å². The van der Waals surface area contributed by atoms with Gasteiger partial charge in [-0.2, -0.15) is 5.26 Å². The van der Waals surface area contributed by atoms with E-state index in [0.717, 1.165) is 18.4 Å². The number of nitriles is 1. The fourth-order valence-corrected chi connectivity index (χ4v) is 3.60. The van der Waals surface area contributed by atoms with Gasteiger partial charge in [-0.15, -0.1) is 0 Å². The van der Waals surface area contributed by atoms with Crippen LogP contribution >= 0.6 is 0 Å². The SMILES string of the molecule is CCOC(=O)Nc1cc(C(=O)N2CCC(c3ccc(C#N)cc3)CC2)ccc1C. The van der Waals surface area contributed by atoms with E-state index in [1.807, 2.05) is 42.2 Å². The number of rotatable bonds is 4. The third-order valence-electron chi connectivity index (χ3n) is 5.29. The fourth-order valence-electron chi connectivity index (χ4n) is 3.60. The molecule has 0 spiro atoms. The topological polar surface area (TPSA) is 82.4 Å². The molecule has 0 aliphatic carbocycles. The molecule has 1 aliphatic heterocycles. The number of piperidine rings is 1. The average Bonchev–Trinajstić information content (AvgIpc) is 2.75. The second-order valence-electron chi connectivity index (χ2n) is 7.18. The van der Waals surface area contributed by atoms with Crippen molar-refractivity contribution in [1.82, 2.24) is 4.90 Å². The lowest BCUT2D eigenvalue weighted by Crippen LogP contribution is -2.38. The van der Waals surface area contributed by atoms with Crippen molar-refractivity contribution >= 4 is 17.7 Å². The summed E-state index contributed by atoms with van der Waals surface area (Å²) in [7, 11) is 0. The van der Waals surface area contributed by atoms with Gasteiger partial charge in [0.2, 0.25) is 0 Å². The predicted molar refractivity (Wildman–Crippen MR) is 111 cm³/mol. The standard InChI is InChI=1S/C23H25N3O3/c1-3-29-23(28)25-21-14-20(7-4-16(21)2)22(27)26-12-10-19(11-13-26)18-8-5-17(15-24)6-9-18/h4-9,14,19H,3,10-13H2,1-2H3,(H,25,28). The minimum absolute atomic E-state index is 0.0322. The Morgan fingerprint density at radius 3 is 2.48 bits per heavy atom. The molecule has 0 saturated carbocycles. The normalized spacial score (nSPS) is 14.2. The molecule has 6 nitrogen and oxygen atoms in total. The zero-order valence-electron chi connectivity index (χ0n) is 16.8. The first-order chi connectivity index (χ1) is 14.0. The van der Waals surface area contributed by atoms with E-state index in [9.17, 15) is 9.59 Å². The molecule has 0 bridgehead atoms. The number of carbonyl (C=O) groups excluding carboxylic acids is 2. The summed E-state index contributed by atoms with van der Waals surface area (Å²) in [5, 5.41) is 11.6. The maximum atomic E-state index is 12.9. The van der Waals surface area contributed by atoms with Crippen LogP contribution in [0.4, 0.5) is 10.5 Å². The van der Waals surface area contributed by atoms with Crippen LogP contribution < -0.4 is 5.32 Å². The largest absolute Gasteiger partial charge is 0.450 e. The van der Waals surface area contributed by atoms with Crippen molar-refractivity contribution in [2.45, 2.75) is 32.6 Å². The van der Waals surface area contributed by atoms with Gasteiger partial charge in [-0.25, -0.2) is 4.79 Å². The minimum Gasteiger partial charge on any atom is -0.450 e. The molecular formula is C23H25N3O3. The number of ether oxygens (including phenoxy) is 1. The summed E-state index contributed by atoms with van der Waals surface area (Å²) < 4.78 is 4.92. The highest BCUT2D eigenvalue weighted by molar-refractivity contribution is 5.96. The second kappa shape index (κ2) is 9.24. The number of anilines is 1. The number of aryl methyl sites for hydroxylation is 1. The molecular weight excluding hydrogens is 366 g/mol. The molecule has 0 unspecified atom stereocenters. The molecule has 1 aliphatic rings. The Balaban J connectivity index is 1.64. The summed E-state index contributed by atoms with van der Waals surface area (Å²) in [6.07, 6.45) is 1.25. The van der Waals surface area contributed by atoms with Gasteiger partial charge in [0.25, 0.3) is 5.91 Å². The fraction of sp³-hybridized carbons (Fsp3) is 0.348. The molecule has 1 saturated heterocycles. The van der Waals surface area contributed by atoms with E-state index >= 15 is 0 Å². The number of amides is 2. The highest BCUT2D eigenvalue weighted by Crippen LogP contribution is 2.29. The summed E-state index contributed by atoms with van der Waals surface area (Å²) in [5.74, 6) is 0.362. The minimum atomic E-state index is -0.525. The molecule has 1 fully saturated rings. The molecule has 6 heteroatoms. The first-order valence-corrected chi connectivity index (χ1v) is 9.85. The van der Waals surface area contributed by atoms with Crippen molar-refractivity contribution < 1.29 is 14.3 Å². The van der Waals surface area contributed by atoms with Gasteiger partial charge in [-0.05, 0) is 68.0 Å². The molecule has 0 aromatic heterocycles. The second-order valence-corrected chi connectivity index (χ2v) is 7.18. The first kappa shape index (κ1) is 20.4. The third kappa shape index (κ3) is 4.94.